The van der Waals surface area contributed by atoms with Gasteiger partial charge in [0, 0.05) is 11.6 Å². The van der Waals surface area contributed by atoms with Crippen LogP contribution in [0.4, 0.5) is 0 Å². The minimum Gasteiger partial charge on any atom is -0.351 e. The number of halogens is 1. The first-order chi connectivity index (χ1) is 22.8. The second kappa shape index (κ2) is 32.9. The van der Waals surface area contributed by atoms with E-state index in [1.54, 1.807) is 0 Å². The molecule has 0 saturated heterocycles. The summed E-state index contributed by atoms with van der Waals surface area (Å²) in [6.07, 6.45) is 14.1. The number of aldehydes is 1. The number of rotatable bonds is 16. The standard InChI is InChI=1S/C20H30N2O.C7H7Cl.C7H14N2O2.C3H8.C2H6/c1-3-7-17-8-4-5-9-18(17)10-6-15-22-20(23)19(21-2)14-13-16-11-12-16;1-6-3-2-4-7(8)5-6;1-2-3-8-6-7(11)9-4-5-10;1-3-2;1-2/h4-6,8-10,16,19,21H,3,7,11-15H2,1-2H3,(H,22,23);2-5H,1H3;5,8H,2-4,6H2,1H3,(H,9,11);3H2,1-2H3;1-2H3/b10-6+;;;;. The molecule has 1 saturated carbocycles. The highest BCUT2D eigenvalue weighted by atomic mass is 35.5. The molecule has 1 atom stereocenters. The number of likely N-dealkylation sites (N-methyl/N-ethyl adjacent to an activating group) is 1. The highest BCUT2D eigenvalue weighted by Gasteiger charge is 2.24. The number of carbonyl (C=O) groups is 3. The predicted molar refractivity (Wildman–Crippen MR) is 203 cm³/mol. The topological polar surface area (TPSA) is 99.3 Å². The van der Waals surface area contributed by atoms with Crippen molar-refractivity contribution in [1.82, 2.24) is 21.3 Å². The summed E-state index contributed by atoms with van der Waals surface area (Å²) in [5, 5.41) is 12.3. The van der Waals surface area contributed by atoms with E-state index in [0.29, 0.717) is 19.4 Å². The Morgan fingerprint density at radius 2 is 1.64 bits per heavy atom. The van der Waals surface area contributed by atoms with Gasteiger partial charge in [0.05, 0.1) is 19.1 Å². The maximum Gasteiger partial charge on any atom is 0.237 e. The van der Waals surface area contributed by atoms with Gasteiger partial charge < -0.3 is 26.1 Å². The van der Waals surface area contributed by atoms with Crippen molar-refractivity contribution in [3.8, 4) is 0 Å². The van der Waals surface area contributed by atoms with Crippen molar-refractivity contribution in [2.75, 3.05) is 33.2 Å². The second-order valence-corrected chi connectivity index (χ2v) is 11.5. The molecule has 2 aromatic rings. The van der Waals surface area contributed by atoms with Gasteiger partial charge in [0.25, 0.3) is 0 Å². The lowest BCUT2D eigenvalue weighted by molar-refractivity contribution is -0.123. The summed E-state index contributed by atoms with van der Waals surface area (Å²) in [6, 6.07) is 16.2. The van der Waals surface area contributed by atoms with Crippen molar-refractivity contribution in [1.29, 1.82) is 0 Å². The number of benzene rings is 2. The van der Waals surface area contributed by atoms with E-state index in [2.05, 4.69) is 72.4 Å². The molecular formula is C39H65ClN4O3. The molecule has 1 aliphatic rings. The number of amides is 2. The van der Waals surface area contributed by atoms with Gasteiger partial charge in [-0.25, -0.2) is 0 Å². The summed E-state index contributed by atoms with van der Waals surface area (Å²) < 4.78 is 0. The van der Waals surface area contributed by atoms with Gasteiger partial charge in [-0.2, -0.15) is 0 Å². The smallest absolute Gasteiger partial charge is 0.237 e. The fourth-order valence-corrected chi connectivity index (χ4v) is 4.32. The van der Waals surface area contributed by atoms with E-state index in [1.165, 1.54) is 42.4 Å². The Balaban J connectivity index is 0. The summed E-state index contributed by atoms with van der Waals surface area (Å²) in [4.78, 5) is 32.7. The quantitative estimate of drug-likeness (QED) is 0.107. The monoisotopic (exact) mass is 672 g/mol. The summed E-state index contributed by atoms with van der Waals surface area (Å²) >= 11 is 5.64. The lowest BCUT2D eigenvalue weighted by atomic mass is 10.0. The van der Waals surface area contributed by atoms with E-state index in [4.69, 9.17) is 11.6 Å². The summed E-state index contributed by atoms with van der Waals surface area (Å²) in [5.74, 6) is 0.846. The molecule has 8 heteroatoms. The molecule has 1 unspecified atom stereocenters. The predicted octanol–water partition coefficient (Wildman–Crippen LogP) is 7.94. The summed E-state index contributed by atoms with van der Waals surface area (Å²) in [5.41, 5.74) is 3.83. The number of carbonyl (C=O) groups excluding carboxylic acids is 3. The van der Waals surface area contributed by atoms with Crippen LogP contribution in [0.1, 0.15) is 103 Å². The van der Waals surface area contributed by atoms with Gasteiger partial charge in [-0.15, -0.1) is 0 Å². The minimum absolute atomic E-state index is 0.0589. The number of aryl methyl sites for hydroxylation is 2. The minimum atomic E-state index is -0.134. The summed E-state index contributed by atoms with van der Waals surface area (Å²) in [7, 11) is 1.87. The Morgan fingerprint density at radius 3 is 2.17 bits per heavy atom. The van der Waals surface area contributed by atoms with Crippen molar-refractivity contribution in [3.05, 3.63) is 76.3 Å². The van der Waals surface area contributed by atoms with Crippen molar-refractivity contribution in [2.45, 2.75) is 106 Å². The van der Waals surface area contributed by atoms with Gasteiger partial charge in [0.15, 0.2) is 0 Å². The van der Waals surface area contributed by atoms with Crippen molar-refractivity contribution >= 4 is 35.8 Å². The van der Waals surface area contributed by atoms with Crippen LogP contribution < -0.4 is 21.3 Å². The molecular weight excluding hydrogens is 608 g/mol. The first-order valence-electron chi connectivity index (χ1n) is 17.6. The van der Waals surface area contributed by atoms with Crippen LogP contribution in [0.3, 0.4) is 0 Å². The third-order valence-electron chi connectivity index (χ3n) is 6.57. The van der Waals surface area contributed by atoms with Crippen LogP contribution in [0.15, 0.2) is 54.6 Å². The molecule has 0 bridgehead atoms. The third-order valence-corrected chi connectivity index (χ3v) is 6.80. The van der Waals surface area contributed by atoms with Crippen LogP contribution in [0.2, 0.25) is 5.02 Å². The first-order valence-corrected chi connectivity index (χ1v) is 18.0. The zero-order valence-electron chi connectivity index (χ0n) is 30.6. The molecule has 1 fully saturated rings. The van der Waals surface area contributed by atoms with E-state index in [1.807, 2.05) is 65.1 Å². The Labute approximate surface area is 292 Å². The normalized spacial score (nSPS) is 11.9. The van der Waals surface area contributed by atoms with Gasteiger partial charge in [-0.05, 0) is 80.9 Å². The molecule has 0 aliphatic heterocycles. The molecule has 0 radical (unpaired) electrons. The highest BCUT2D eigenvalue weighted by molar-refractivity contribution is 6.30. The van der Waals surface area contributed by atoms with Crippen molar-refractivity contribution in [2.24, 2.45) is 5.92 Å². The second-order valence-electron chi connectivity index (χ2n) is 11.1. The fourth-order valence-electron chi connectivity index (χ4n) is 4.08. The van der Waals surface area contributed by atoms with E-state index >= 15 is 0 Å². The van der Waals surface area contributed by atoms with Gasteiger partial charge in [0.2, 0.25) is 11.8 Å². The van der Waals surface area contributed by atoms with Crippen molar-refractivity contribution < 1.29 is 14.4 Å². The molecule has 47 heavy (non-hydrogen) atoms. The maximum absolute atomic E-state index is 12.2. The van der Waals surface area contributed by atoms with Crippen LogP contribution in [-0.4, -0.2) is 57.4 Å². The lowest BCUT2D eigenvalue weighted by Crippen LogP contribution is -2.42. The molecule has 1 aliphatic carbocycles. The lowest BCUT2D eigenvalue weighted by Gasteiger charge is -2.15. The first kappa shape index (κ1) is 46.1. The molecule has 266 valence electrons. The third kappa shape index (κ3) is 27.8. The fraction of sp³-hybridized carbons (Fsp3) is 0.564. The largest absolute Gasteiger partial charge is 0.351 e. The van der Waals surface area contributed by atoms with E-state index in [0.717, 1.165) is 43.2 Å². The molecule has 0 aromatic heterocycles. The molecule has 2 amide bonds. The Kier molecular flexibility index (Phi) is 32.3. The number of hydrogen-bond donors (Lipinski definition) is 4. The zero-order valence-corrected chi connectivity index (χ0v) is 31.3. The van der Waals surface area contributed by atoms with E-state index in [9.17, 15) is 14.4 Å². The van der Waals surface area contributed by atoms with Crippen LogP contribution in [0, 0.1) is 12.8 Å². The molecule has 7 nitrogen and oxygen atoms in total. The molecule has 0 heterocycles. The van der Waals surface area contributed by atoms with Gasteiger partial charge in [-0.1, -0.05) is 127 Å². The van der Waals surface area contributed by atoms with E-state index < -0.39 is 0 Å². The number of nitrogens with one attached hydrogen (secondary N) is 4. The summed E-state index contributed by atoms with van der Waals surface area (Å²) in [6.45, 7) is 16.3. The van der Waals surface area contributed by atoms with Crippen molar-refractivity contribution in [3.63, 3.8) is 0 Å². The van der Waals surface area contributed by atoms with Crippen LogP contribution in [0.25, 0.3) is 6.08 Å². The van der Waals surface area contributed by atoms with Crippen LogP contribution in [-0.2, 0) is 20.8 Å². The molecule has 0 spiro atoms. The molecule has 3 rings (SSSR count). The van der Waals surface area contributed by atoms with Gasteiger partial charge >= 0.3 is 0 Å². The highest BCUT2D eigenvalue weighted by Crippen LogP contribution is 2.33. The van der Waals surface area contributed by atoms with Gasteiger partial charge in [0.1, 0.15) is 6.29 Å². The Hall–Kier alpha value is -3.00. The number of hydrogen-bond acceptors (Lipinski definition) is 5. The van der Waals surface area contributed by atoms with Crippen LogP contribution in [0.5, 0.6) is 0 Å². The SMILES string of the molecule is CC.CCC.CCCNCC(=O)NCC=O.CCCc1ccccc1/C=C/CNC(=O)C(CCC1CC1)NC.Cc1cccc(Cl)c1. The maximum atomic E-state index is 12.2. The molecule has 4 N–H and O–H groups in total. The van der Waals surface area contributed by atoms with Gasteiger partial charge in [-0.3, -0.25) is 9.59 Å². The Morgan fingerprint density at radius 1 is 0.957 bits per heavy atom. The van der Waals surface area contributed by atoms with Crippen LogP contribution >= 0.6 is 11.6 Å². The average Bonchev–Trinajstić information content (AvgIpc) is 3.90. The Bertz CT molecular complexity index is 1070. The molecule has 2 aromatic carbocycles. The van der Waals surface area contributed by atoms with E-state index in [-0.39, 0.29) is 24.4 Å². The zero-order chi connectivity index (χ0) is 35.7. The average molecular weight is 673 g/mol.